The van der Waals surface area contributed by atoms with Crippen LogP contribution in [0.15, 0.2) is 71.5 Å². The van der Waals surface area contributed by atoms with Crippen molar-refractivity contribution in [3.8, 4) is 0 Å². The molecule has 0 aliphatic carbocycles. The summed E-state index contributed by atoms with van der Waals surface area (Å²) < 4.78 is 1.45. The van der Waals surface area contributed by atoms with E-state index in [1.165, 1.54) is 14.4 Å². The number of benzene rings is 3. The number of rotatable bonds is 9. The highest BCUT2D eigenvalue weighted by molar-refractivity contribution is 6.31. The highest BCUT2D eigenvalue weighted by atomic mass is 35.5. The molecule has 0 aliphatic heterocycles. The first-order valence-electron chi connectivity index (χ1n) is 12.8. The summed E-state index contributed by atoms with van der Waals surface area (Å²) in [4.78, 5) is 49.5. The van der Waals surface area contributed by atoms with Gasteiger partial charge >= 0.3 is 0 Å². The zero-order valence-corrected chi connectivity index (χ0v) is 24.1. The van der Waals surface area contributed by atoms with Gasteiger partial charge in [-0.25, -0.2) is 4.98 Å². The average Bonchev–Trinajstić information content (AvgIpc) is 2.93. The number of hydrogen-bond donors (Lipinski definition) is 1. The Hall–Kier alpha value is -3.72. The van der Waals surface area contributed by atoms with Crippen LogP contribution in [-0.4, -0.2) is 58.4 Å². The number of hydrogen-bond acceptors (Lipinski definition) is 5. The first kappa shape index (κ1) is 29.3. The van der Waals surface area contributed by atoms with Crippen molar-refractivity contribution in [1.82, 2.24) is 19.4 Å². The maximum atomic E-state index is 14.0. The van der Waals surface area contributed by atoms with Crippen LogP contribution in [0.3, 0.4) is 0 Å². The van der Waals surface area contributed by atoms with Gasteiger partial charge in [0.05, 0.1) is 17.4 Å². The molecule has 1 aromatic heterocycles. The molecule has 8 nitrogen and oxygen atoms in total. The van der Waals surface area contributed by atoms with E-state index in [0.29, 0.717) is 39.5 Å². The molecule has 208 valence electrons. The Bertz CT molecular complexity index is 1580. The van der Waals surface area contributed by atoms with E-state index in [1.807, 2.05) is 19.1 Å². The van der Waals surface area contributed by atoms with Crippen LogP contribution in [0.1, 0.15) is 39.8 Å². The van der Waals surface area contributed by atoms with Gasteiger partial charge in [0.15, 0.2) is 6.04 Å². The van der Waals surface area contributed by atoms with E-state index in [4.69, 9.17) is 33.9 Å². The third-order valence-corrected chi connectivity index (χ3v) is 7.08. The Kier molecular flexibility index (Phi) is 9.25. The van der Waals surface area contributed by atoms with E-state index in [1.54, 1.807) is 68.7 Å². The number of carbonyl (C=O) groups is 2. The lowest BCUT2D eigenvalue weighted by Gasteiger charge is -2.33. The molecular weight excluding hydrogens is 549 g/mol. The van der Waals surface area contributed by atoms with Gasteiger partial charge in [-0.1, -0.05) is 53.0 Å². The number of aryl methyl sites for hydroxylation is 1. The smallest absolute Gasteiger partial charge is 0.261 e. The monoisotopic (exact) mass is 579 g/mol. The highest BCUT2D eigenvalue weighted by Gasteiger charge is 2.36. The minimum atomic E-state index is -1.21. The Morgan fingerprint density at radius 1 is 0.975 bits per heavy atom. The predicted molar refractivity (Wildman–Crippen MR) is 159 cm³/mol. The van der Waals surface area contributed by atoms with Gasteiger partial charge in [0.2, 0.25) is 0 Å². The number of fused-ring (bicyclic) bond motifs is 1. The fourth-order valence-electron chi connectivity index (χ4n) is 4.44. The maximum absolute atomic E-state index is 14.0. The minimum Gasteiger partial charge on any atom is -0.347 e. The van der Waals surface area contributed by atoms with Crippen molar-refractivity contribution in [3.63, 3.8) is 0 Å². The van der Waals surface area contributed by atoms with Crippen molar-refractivity contribution >= 4 is 45.9 Å². The Morgan fingerprint density at radius 3 is 2.25 bits per heavy atom. The Morgan fingerprint density at radius 2 is 1.62 bits per heavy atom. The second kappa shape index (κ2) is 12.6. The molecule has 0 spiro atoms. The molecule has 2 amide bonds. The van der Waals surface area contributed by atoms with Crippen LogP contribution in [0.4, 0.5) is 0 Å². The summed E-state index contributed by atoms with van der Waals surface area (Å²) in [5.41, 5.74) is 8.00. The number of nitrogens with zero attached hydrogens (tertiary/aromatic N) is 4. The summed E-state index contributed by atoms with van der Waals surface area (Å²) in [6.07, 6.45) is 0.440. The van der Waals surface area contributed by atoms with Crippen molar-refractivity contribution in [3.05, 3.63) is 110 Å². The molecule has 0 saturated heterocycles. The molecule has 0 radical (unpaired) electrons. The van der Waals surface area contributed by atoms with Gasteiger partial charge in [0, 0.05) is 36.2 Å². The molecule has 40 heavy (non-hydrogen) atoms. The van der Waals surface area contributed by atoms with Crippen LogP contribution in [0.2, 0.25) is 10.0 Å². The van der Waals surface area contributed by atoms with E-state index in [9.17, 15) is 14.4 Å². The topological polar surface area (TPSA) is 102 Å². The van der Waals surface area contributed by atoms with Crippen molar-refractivity contribution in [2.45, 2.75) is 25.9 Å². The molecule has 0 bridgehead atoms. The maximum Gasteiger partial charge on any atom is 0.261 e. The Balaban J connectivity index is 1.99. The van der Waals surface area contributed by atoms with E-state index in [2.05, 4.69) is 0 Å². The van der Waals surface area contributed by atoms with Crippen molar-refractivity contribution < 1.29 is 9.59 Å². The molecule has 0 aliphatic rings. The molecular formula is C30H31Cl2N5O3. The Labute approximate surface area is 242 Å². The average molecular weight is 581 g/mol. The first-order valence-corrected chi connectivity index (χ1v) is 13.6. The van der Waals surface area contributed by atoms with Gasteiger partial charge in [-0.3, -0.25) is 19.0 Å². The van der Waals surface area contributed by atoms with Gasteiger partial charge in [-0.2, -0.15) is 0 Å². The van der Waals surface area contributed by atoms with Crippen molar-refractivity contribution in [2.24, 2.45) is 5.73 Å². The van der Waals surface area contributed by atoms with Crippen molar-refractivity contribution in [2.75, 3.05) is 27.2 Å². The molecule has 10 heteroatoms. The molecule has 1 atom stereocenters. The molecule has 4 aromatic rings. The number of amides is 2. The quantitative estimate of drug-likeness (QED) is 0.310. The molecule has 2 N–H and O–H groups in total. The SMILES string of the molecule is Cc1ccc(C(=O)N(CCCN)C(C(=O)N(C)C)c2nc3cc(Cl)ccc3c(=O)n2Cc2ccc(Cl)cc2)cc1. The first-order chi connectivity index (χ1) is 19.1. The lowest BCUT2D eigenvalue weighted by molar-refractivity contribution is -0.134. The third kappa shape index (κ3) is 6.36. The lowest BCUT2D eigenvalue weighted by Crippen LogP contribution is -2.47. The van der Waals surface area contributed by atoms with Gasteiger partial charge in [-0.15, -0.1) is 0 Å². The van der Waals surface area contributed by atoms with Crippen LogP contribution in [0.25, 0.3) is 10.9 Å². The van der Waals surface area contributed by atoms with Gasteiger partial charge in [0.25, 0.3) is 17.4 Å². The third-order valence-electron chi connectivity index (χ3n) is 6.59. The van der Waals surface area contributed by atoms with Gasteiger partial charge in [-0.05, 0) is 67.9 Å². The number of nitrogens with two attached hydrogens (primary N) is 1. The van der Waals surface area contributed by atoms with Crippen LogP contribution in [0, 0.1) is 6.92 Å². The molecule has 3 aromatic carbocycles. The summed E-state index contributed by atoms with van der Waals surface area (Å²) in [6, 6.07) is 17.8. The van der Waals surface area contributed by atoms with Crippen LogP contribution in [-0.2, 0) is 11.3 Å². The highest BCUT2D eigenvalue weighted by Crippen LogP contribution is 2.27. The summed E-state index contributed by atoms with van der Waals surface area (Å²) in [7, 11) is 3.21. The zero-order valence-electron chi connectivity index (χ0n) is 22.6. The van der Waals surface area contributed by atoms with Crippen LogP contribution >= 0.6 is 23.2 Å². The lowest BCUT2D eigenvalue weighted by atomic mass is 10.1. The second-order valence-electron chi connectivity index (χ2n) is 9.79. The number of carbonyl (C=O) groups excluding carboxylic acids is 2. The largest absolute Gasteiger partial charge is 0.347 e. The van der Waals surface area contributed by atoms with Crippen molar-refractivity contribution in [1.29, 1.82) is 0 Å². The summed E-state index contributed by atoms with van der Waals surface area (Å²) in [5, 5.41) is 1.29. The van der Waals surface area contributed by atoms with Crippen LogP contribution < -0.4 is 11.3 Å². The number of likely N-dealkylation sites (N-methyl/N-ethyl adjacent to an activating group) is 1. The fraction of sp³-hybridized carbons (Fsp3) is 0.267. The number of aromatic nitrogens is 2. The molecule has 0 saturated carbocycles. The second-order valence-corrected chi connectivity index (χ2v) is 10.7. The number of halogens is 2. The normalized spacial score (nSPS) is 11.8. The van der Waals surface area contributed by atoms with E-state index in [0.717, 1.165) is 11.1 Å². The van der Waals surface area contributed by atoms with E-state index in [-0.39, 0.29) is 30.4 Å². The van der Waals surface area contributed by atoms with Gasteiger partial charge in [0.1, 0.15) is 5.82 Å². The molecule has 1 heterocycles. The van der Waals surface area contributed by atoms with E-state index < -0.39 is 11.9 Å². The van der Waals surface area contributed by atoms with Gasteiger partial charge < -0.3 is 15.5 Å². The molecule has 0 fully saturated rings. The zero-order chi connectivity index (χ0) is 29.0. The summed E-state index contributed by atoms with van der Waals surface area (Å²) in [6.45, 7) is 2.52. The van der Waals surface area contributed by atoms with Crippen LogP contribution in [0.5, 0.6) is 0 Å². The van der Waals surface area contributed by atoms with E-state index >= 15 is 0 Å². The predicted octanol–water partition coefficient (Wildman–Crippen LogP) is 4.68. The fourth-order valence-corrected chi connectivity index (χ4v) is 4.74. The molecule has 4 rings (SSSR count). The minimum absolute atomic E-state index is 0.109. The molecule has 1 unspecified atom stereocenters. The standard InChI is InChI=1S/C30H31Cl2N5O3/c1-19-5-9-21(10-6-19)28(38)36(16-4-15-33)26(30(40)35(2)3)27-34-25-17-23(32)13-14-24(25)29(39)37(27)18-20-7-11-22(31)12-8-20/h5-14,17,26H,4,15-16,18,33H2,1-3H3. The summed E-state index contributed by atoms with van der Waals surface area (Å²) >= 11 is 12.4. The summed E-state index contributed by atoms with van der Waals surface area (Å²) in [5.74, 6) is -0.645.